The van der Waals surface area contributed by atoms with E-state index in [2.05, 4.69) is 15.9 Å². The highest BCUT2D eigenvalue weighted by Gasteiger charge is 2.15. The third-order valence-electron chi connectivity index (χ3n) is 2.75. The highest BCUT2D eigenvalue weighted by Crippen LogP contribution is 2.34. The molecule has 0 saturated heterocycles. The first-order chi connectivity index (χ1) is 8.49. The third-order valence-corrected chi connectivity index (χ3v) is 4.08. The van der Waals surface area contributed by atoms with Gasteiger partial charge >= 0.3 is 0 Å². The summed E-state index contributed by atoms with van der Waals surface area (Å²) in [5, 5.41) is 0.294. The monoisotopic (exact) mass is 346 g/mol. The first kappa shape index (κ1) is 13.9. The molecular weight excluding hydrogens is 338 g/mol. The lowest BCUT2D eigenvalue weighted by Crippen LogP contribution is -1.97. The molecule has 0 nitrogen and oxygen atoms in total. The minimum absolute atomic E-state index is 0.301. The molecule has 0 heterocycles. The van der Waals surface area contributed by atoms with Crippen LogP contribution in [0.4, 0.5) is 4.39 Å². The fraction of sp³-hybridized carbons (Fsp3) is 0.143. The van der Waals surface area contributed by atoms with Gasteiger partial charge in [-0.05, 0) is 63.8 Å². The Labute approximate surface area is 124 Å². The van der Waals surface area contributed by atoms with Crippen LogP contribution < -0.4 is 0 Å². The van der Waals surface area contributed by atoms with E-state index in [0.29, 0.717) is 9.50 Å². The van der Waals surface area contributed by atoms with Gasteiger partial charge in [0, 0.05) is 5.02 Å². The molecule has 0 aromatic heterocycles. The number of aryl methyl sites for hydroxylation is 1. The van der Waals surface area contributed by atoms with Gasteiger partial charge in [-0.2, -0.15) is 0 Å². The second-order valence-corrected chi connectivity index (χ2v) is 5.76. The molecule has 0 fully saturated rings. The normalized spacial score (nSPS) is 12.5. The van der Waals surface area contributed by atoms with Crippen LogP contribution in [0.15, 0.2) is 40.9 Å². The number of halogens is 4. The summed E-state index contributed by atoms with van der Waals surface area (Å²) in [6.45, 7) is 1.97. The summed E-state index contributed by atoms with van der Waals surface area (Å²) in [5.41, 5.74) is 2.82. The molecule has 0 saturated carbocycles. The summed E-state index contributed by atoms with van der Waals surface area (Å²) in [7, 11) is 0. The molecule has 1 atom stereocenters. The maximum absolute atomic E-state index is 13.2. The van der Waals surface area contributed by atoms with Crippen LogP contribution in [-0.4, -0.2) is 0 Å². The van der Waals surface area contributed by atoms with Gasteiger partial charge in [0.05, 0.1) is 9.85 Å². The van der Waals surface area contributed by atoms with Crippen molar-refractivity contribution >= 4 is 39.1 Å². The highest BCUT2D eigenvalue weighted by atomic mass is 79.9. The highest BCUT2D eigenvalue weighted by molar-refractivity contribution is 9.10. The van der Waals surface area contributed by atoms with Crippen LogP contribution in [0.3, 0.4) is 0 Å². The molecule has 0 radical (unpaired) electrons. The lowest BCUT2D eigenvalue weighted by atomic mass is 10.00. The van der Waals surface area contributed by atoms with E-state index < -0.39 is 0 Å². The summed E-state index contributed by atoms with van der Waals surface area (Å²) < 4.78 is 13.6. The Kier molecular flexibility index (Phi) is 4.31. The van der Waals surface area contributed by atoms with Crippen molar-refractivity contribution < 1.29 is 4.39 Å². The lowest BCUT2D eigenvalue weighted by Gasteiger charge is -2.14. The minimum atomic E-state index is -0.347. The number of rotatable bonds is 2. The Bertz CT molecular complexity index is 584. The van der Waals surface area contributed by atoms with E-state index in [0.717, 1.165) is 16.7 Å². The molecule has 1 unspecified atom stereocenters. The number of hydrogen-bond donors (Lipinski definition) is 0. The number of alkyl halides is 1. The first-order valence-corrected chi connectivity index (χ1v) is 6.95. The first-order valence-electron chi connectivity index (χ1n) is 5.34. The van der Waals surface area contributed by atoms with Crippen molar-refractivity contribution in [3.8, 4) is 0 Å². The number of hydrogen-bond acceptors (Lipinski definition) is 0. The molecule has 0 aliphatic carbocycles. The fourth-order valence-corrected chi connectivity index (χ4v) is 2.68. The Morgan fingerprint density at radius 1 is 1.17 bits per heavy atom. The van der Waals surface area contributed by atoms with Crippen molar-refractivity contribution in [3.63, 3.8) is 0 Å². The Balaban J connectivity index is 2.44. The van der Waals surface area contributed by atoms with Crippen molar-refractivity contribution in [2.45, 2.75) is 12.3 Å². The molecule has 2 rings (SSSR count). The van der Waals surface area contributed by atoms with E-state index in [1.165, 1.54) is 6.07 Å². The van der Waals surface area contributed by atoms with Crippen LogP contribution >= 0.6 is 39.1 Å². The fourth-order valence-electron chi connectivity index (χ4n) is 1.73. The van der Waals surface area contributed by atoms with E-state index in [-0.39, 0.29) is 11.2 Å². The van der Waals surface area contributed by atoms with E-state index in [4.69, 9.17) is 23.2 Å². The van der Waals surface area contributed by atoms with Crippen molar-refractivity contribution in [2.24, 2.45) is 0 Å². The van der Waals surface area contributed by atoms with Gasteiger partial charge in [0.2, 0.25) is 0 Å². The zero-order valence-corrected chi connectivity index (χ0v) is 12.7. The topological polar surface area (TPSA) is 0 Å². The van der Waals surface area contributed by atoms with Crippen LogP contribution in [0.2, 0.25) is 5.02 Å². The van der Waals surface area contributed by atoms with Gasteiger partial charge in [-0.15, -0.1) is 11.6 Å². The van der Waals surface area contributed by atoms with Crippen LogP contribution in [0, 0.1) is 12.7 Å². The van der Waals surface area contributed by atoms with Crippen LogP contribution in [0.25, 0.3) is 0 Å². The molecule has 2 aromatic carbocycles. The quantitative estimate of drug-likeness (QED) is 0.595. The summed E-state index contributed by atoms with van der Waals surface area (Å²) in [6, 6.07) is 10.3. The molecule has 0 spiro atoms. The Morgan fingerprint density at radius 3 is 2.56 bits per heavy atom. The largest absolute Gasteiger partial charge is 0.206 e. The van der Waals surface area contributed by atoms with Gasteiger partial charge in [0.25, 0.3) is 0 Å². The van der Waals surface area contributed by atoms with Crippen LogP contribution in [-0.2, 0) is 0 Å². The molecule has 18 heavy (non-hydrogen) atoms. The third kappa shape index (κ3) is 2.87. The van der Waals surface area contributed by atoms with Crippen LogP contribution in [0.5, 0.6) is 0 Å². The van der Waals surface area contributed by atoms with Gasteiger partial charge < -0.3 is 0 Å². The van der Waals surface area contributed by atoms with Crippen molar-refractivity contribution in [3.05, 3.63) is 68.4 Å². The van der Waals surface area contributed by atoms with E-state index in [1.807, 2.05) is 25.1 Å². The zero-order valence-electron chi connectivity index (χ0n) is 9.55. The average Bonchev–Trinajstić information content (AvgIpc) is 2.35. The summed E-state index contributed by atoms with van der Waals surface area (Å²) in [4.78, 5) is 0. The zero-order chi connectivity index (χ0) is 13.3. The molecule has 4 heteroatoms. The van der Waals surface area contributed by atoms with E-state index >= 15 is 0 Å². The van der Waals surface area contributed by atoms with Gasteiger partial charge in [0.15, 0.2) is 0 Å². The maximum atomic E-state index is 13.2. The van der Waals surface area contributed by atoms with Gasteiger partial charge in [-0.1, -0.05) is 23.7 Å². The van der Waals surface area contributed by atoms with Gasteiger partial charge in [0.1, 0.15) is 5.82 Å². The lowest BCUT2D eigenvalue weighted by molar-refractivity contribution is 0.620. The maximum Gasteiger partial charge on any atom is 0.137 e. The van der Waals surface area contributed by atoms with Crippen LogP contribution in [0.1, 0.15) is 22.1 Å². The second-order valence-electron chi connectivity index (χ2n) is 4.04. The van der Waals surface area contributed by atoms with E-state index in [9.17, 15) is 4.39 Å². The molecule has 0 amide bonds. The van der Waals surface area contributed by atoms with Crippen molar-refractivity contribution in [2.75, 3.05) is 0 Å². The average molecular weight is 348 g/mol. The molecule has 0 aliphatic heterocycles. The molecule has 0 aliphatic rings. The molecule has 0 N–H and O–H groups in total. The van der Waals surface area contributed by atoms with Gasteiger partial charge in [-0.3, -0.25) is 0 Å². The van der Waals surface area contributed by atoms with Crippen molar-refractivity contribution in [1.82, 2.24) is 0 Å². The van der Waals surface area contributed by atoms with Crippen molar-refractivity contribution in [1.29, 1.82) is 0 Å². The molecule has 2 aromatic rings. The summed E-state index contributed by atoms with van der Waals surface area (Å²) in [5.74, 6) is -0.301. The Hall–Kier alpha value is -0.570. The smallest absolute Gasteiger partial charge is 0.137 e. The Morgan fingerprint density at radius 2 is 1.89 bits per heavy atom. The molecule has 0 bridgehead atoms. The summed E-state index contributed by atoms with van der Waals surface area (Å²) >= 11 is 15.6. The number of benzene rings is 2. The minimum Gasteiger partial charge on any atom is -0.206 e. The van der Waals surface area contributed by atoms with E-state index in [1.54, 1.807) is 12.1 Å². The SMILES string of the molecule is Cc1ccc(Cl)cc1C(Cl)c1ccc(F)c(Br)c1. The predicted molar refractivity (Wildman–Crippen MR) is 78.0 cm³/mol. The second kappa shape index (κ2) is 5.60. The predicted octanol–water partition coefficient (Wildman–Crippen LogP) is 5.88. The molecular formula is C14H10BrCl2F. The summed E-state index contributed by atoms with van der Waals surface area (Å²) in [6.07, 6.45) is 0. The molecule has 94 valence electrons. The van der Waals surface area contributed by atoms with Gasteiger partial charge in [-0.25, -0.2) is 4.39 Å². The standard InChI is InChI=1S/C14H10BrCl2F/c1-8-2-4-10(16)7-11(8)14(17)9-3-5-13(18)12(15)6-9/h2-7,14H,1H3.